The van der Waals surface area contributed by atoms with Gasteiger partial charge in [0.2, 0.25) is 0 Å². The SMILES string of the molecule is CC(N)Cc1ccc(-c2ccc3sccc3c2)o1. The molecule has 3 heteroatoms. The molecule has 2 aromatic heterocycles. The Labute approximate surface area is 110 Å². The molecule has 0 aliphatic carbocycles. The Hall–Kier alpha value is -1.58. The van der Waals surface area contributed by atoms with Crippen LogP contribution >= 0.6 is 11.3 Å². The Bertz CT molecular complexity index is 666. The molecule has 2 heterocycles. The molecule has 3 rings (SSSR count). The number of rotatable bonds is 3. The van der Waals surface area contributed by atoms with Crippen molar-refractivity contribution in [2.24, 2.45) is 5.73 Å². The quantitative estimate of drug-likeness (QED) is 0.768. The van der Waals surface area contributed by atoms with Crippen molar-refractivity contribution in [3.8, 4) is 11.3 Å². The third-order valence-corrected chi connectivity index (χ3v) is 3.82. The van der Waals surface area contributed by atoms with E-state index in [2.05, 4.69) is 29.6 Å². The van der Waals surface area contributed by atoms with Crippen molar-refractivity contribution in [1.29, 1.82) is 0 Å². The molecule has 2 N–H and O–H groups in total. The molecule has 1 atom stereocenters. The molecule has 0 radical (unpaired) electrons. The number of furan rings is 1. The molecule has 0 spiro atoms. The molecule has 0 saturated heterocycles. The number of fused-ring (bicyclic) bond motifs is 1. The fourth-order valence-electron chi connectivity index (χ4n) is 2.08. The van der Waals surface area contributed by atoms with Gasteiger partial charge in [-0.2, -0.15) is 0 Å². The molecule has 0 fully saturated rings. The highest BCUT2D eigenvalue weighted by atomic mass is 32.1. The van der Waals surface area contributed by atoms with Crippen molar-refractivity contribution >= 4 is 21.4 Å². The lowest BCUT2D eigenvalue weighted by Crippen LogP contribution is -2.17. The molecular weight excluding hydrogens is 242 g/mol. The lowest BCUT2D eigenvalue weighted by Gasteiger charge is -2.01. The smallest absolute Gasteiger partial charge is 0.134 e. The first-order valence-electron chi connectivity index (χ1n) is 6.04. The number of thiophene rings is 1. The van der Waals surface area contributed by atoms with E-state index < -0.39 is 0 Å². The van der Waals surface area contributed by atoms with Crippen LogP contribution < -0.4 is 5.73 Å². The predicted octanol–water partition coefficient (Wildman–Crippen LogP) is 4.05. The van der Waals surface area contributed by atoms with Gasteiger partial charge in [0.05, 0.1) is 0 Å². The summed E-state index contributed by atoms with van der Waals surface area (Å²) in [5, 5.41) is 3.38. The summed E-state index contributed by atoms with van der Waals surface area (Å²) in [5.41, 5.74) is 6.90. The minimum absolute atomic E-state index is 0.128. The van der Waals surface area contributed by atoms with Crippen LogP contribution in [-0.4, -0.2) is 6.04 Å². The standard InChI is InChI=1S/C15H15NOS/c1-10(16)8-13-3-4-14(17-13)11-2-5-15-12(9-11)6-7-18-15/h2-7,9-10H,8,16H2,1H3. The van der Waals surface area contributed by atoms with E-state index in [1.165, 1.54) is 10.1 Å². The first-order chi connectivity index (χ1) is 8.72. The first-order valence-corrected chi connectivity index (χ1v) is 6.92. The number of hydrogen-bond donors (Lipinski definition) is 1. The van der Waals surface area contributed by atoms with Crippen LogP contribution in [0.2, 0.25) is 0 Å². The Morgan fingerprint density at radius 3 is 2.94 bits per heavy atom. The van der Waals surface area contributed by atoms with Crippen LogP contribution in [-0.2, 0) is 6.42 Å². The Balaban J connectivity index is 1.95. The maximum absolute atomic E-state index is 5.83. The molecule has 18 heavy (non-hydrogen) atoms. The van der Waals surface area contributed by atoms with E-state index in [9.17, 15) is 0 Å². The third-order valence-electron chi connectivity index (χ3n) is 2.92. The van der Waals surface area contributed by atoms with Crippen LogP contribution in [0.25, 0.3) is 21.4 Å². The van der Waals surface area contributed by atoms with E-state index in [1.54, 1.807) is 11.3 Å². The zero-order valence-corrected chi connectivity index (χ0v) is 11.0. The van der Waals surface area contributed by atoms with Gasteiger partial charge in [-0.1, -0.05) is 0 Å². The highest BCUT2D eigenvalue weighted by Crippen LogP contribution is 2.28. The van der Waals surface area contributed by atoms with E-state index >= 15 is 0 Å². The zero-order chi connectivity index (χ0) is 12.5. The minimum Gasteiger partial charge on any atom is -0.461 e. The van der Waals surface area contributed by atoms with Crippen LogP contribution in [0.5, 0.6) is 0 Å². The zero-order valence-electron chi connectivity index (χ0n) is 10.2. The molecule has 3 aromatic rings. The second-order valence-electron chi connectivity index (χ2n) is 4.62. The van der Waals surface area contributed by atoms with Gasteiger partial charge in [0.15, 0.2) is 0 Å². The van der Waals surface area contributed by atoms with Gasteiger partial charge in [-0.05, 0) is 54.1 Å². The van der Waals surface area contributed by atoms with E-state index in [4.69, 9.17) is 10.2 Å². The molecule has 1 aromatic carbocycles. The highest BCUT2D eigenvalue weighted by Gasteiger charge is 2.07. The number of hydrogen-bond acceptors (Lipinski definition) is 3. The van der Waals surface area contributed by atoms with Gasteiger partial charge < -0.3 is 10.2 Å². The Morgan fingerprint density at radius 1 is 1.22 bits per heavy atom. The van der Waals surface area contributed by atoms with Gasteiger partial charge in [0, 0.05) is 22.7 Å². The molecular formula is C15H15NOS. The molecule has 0 bridgehead atoms. The van der Waals surface area contributed by atoms with Crippen molar-refractivity contribution in [1.82, 2.24) is 0 Å². The van der Waals surface area contributed by atoms with Crippen molar-refractivity contribution in [2.75, 3.05) is 0 Å². The molecule has 0 aliphatic heterocycles. The van der Waals surface area contributed by atoms with Gasteiger partial charge in [0.1, 0.15) is 11.5 Å². The Kier molecular flexibility index (Phi) is 2.94. The first kappa shape index (κ1) is 11.5. The summed E-state index contributed by atoms with van der Waals surface area (Å²) >= 11 is 1.76. The fraction of sp³-hybridized carbons (Fsp3) is 0.200. The van der Waals surface area contributed by atoms with Gasteiger partial charge in [-0.15, -0.1) is 11.3 Å². The Morgan fingerprint density at radius 2 is 2.11 bits per heavy atom. The van der Waals surface area contributed by atoms with Crippen LogP contribution in [0.15, 0.2) is 46.2 Å². The molecule has 92 valence electrons. The van der Waals surface area contributed by atoms with Crippen molar-refractivity contribution < 1.29 is 4.42 Å². The molecule has 0 aliphatic rings. The summed E-state index contributed by atoms with van der Waals surface area (Å²) in [6.45, 7) is 1.99. The maximum atomic E-state index is 5.83. The summed E-state index contributed by atoms with van der Waals surface area (Å²) in [7, 11) is 0. The van der Waals surface area contributed by atoms with E-state index in [-0.39, 0.29) is 6.04 Å². The summed E-state index contributed by atoms with van der Waals surface area (Å²) < 4.78 is 7.14. The van der Waals surface area contributed by atoms with Crippen LogP contribution in [0.1, 0.15) is 12.7 Å². The van der Waals surface area contributed by atoms with Crippen LogP contribution in [0.3, 0.4) is 0 Å². The molecule has 1 unspecified atom stereocenters. The summed E-state index contributed by atoms with van der Waals surface area (Å²) in [6, 6.07) is 12.7. The third kappa shape index (κ3) is 2.19. The predicted molar refractivity (Wildman–Crippen MR) is 76.9 cm³/mol. The summed E-state index contributed by atoms with van der Waals surface area (Å²) in [4.78, 5) is 0. The van der Waals surface area contributed by atoms with Gasteiger partial charge >= 0.3 is 0 Å². The summed E-state index contributed by atoms with van der Waals surface area (Å²) in [5.74, 6) is 1.86. The maximum Gasteiger partial charge on any atom is 0.134 e. The topological polar surface area (TPSA) is 39.2 Å². The largest absolute Gasteiger partial charge is 0.461 e. The number of nitrogens with two attached hydrogens (primary N) is 1. The average molecular weight is 257 g/mol. The van der Waals surface area contributed by atoms with Crippen molar-refractivity contribution in [2.45, 2.75) is 19.4 Å². The second kappa shape index (κ2) is 4.59. The van der Waals surface area contributed by atoms with Gasteiger partial charge in [-0.3, -0.25) is 0 Å². The lowest BCUT2D eigenvalue weighted by atomic mass is 10.1. The highest BCUT2D eigenvalue weighted by molar-refractivity contribution is 7.17. The molecule has 2 nitrogen and oxygen atoms in total. The second-order valence-corrected chi connectivity index (χ2v) is 5.57. The number of benzene rings is 1. The van der Waals surface area contributed by atoms with E-state index in [0.29, 0.717) is 0 Å². The van der Waals surface area contributed by atoms with Gasteiger partial charge in [0.25, 0.3) is 0 Å². The summed E-state index contributed by atoms with van der Waals surface area (Å²) in [6.07, 6.45) is 0.778. The van der Waals surface area contributed by atoms with Gasteiger partial charge in [-0.25, -0.2) is 0 Å². The fourth-order valence-corrected chi connectivity index (χ4v) is 2.85. The molecule has 0 amide bonds. The van der Waals surface area contributed by atoms with Crippen molar-refractivity contribution in [3.63, 3.8) is 0 Å². The van der Waals surface area contributed by atoms with E-state index in [0.717, 1.165) is 23.5 Å². The minimum atomic E-state index is 0.128. The monoisotopic (exact) mass is 257 g/mol. The van der Waals surface area contributed by atoms with Crippen molar-refractivity contribution in [3.05, 3.63) is 47.5 Å². The average Bonchev–Trinajstić information content (AvgIpc) is 2.95. The lowest BCUT2D eigenvalue weighted by molar-refractivity contribution is 0.503. The van der Waals surface area contributed by atoms with Crippen LogP contribution in [0.4, 0.5) is 0 Å². The normalized spacial score (nSPS) is 13.0. The van der Waals surface area contributed by atoms with Crippen LogP contribution in [0, 0.1) is 0 Å². The van der Waals surface area contributed by atoms with E-state index in [1.807, 2.05) is 19.1 Å². The molecule has 0 saturated carbocycles.